The summed E-state index contributed by atoms with van der Waals surface area (Å²) in [5.41, 5.74) is 4.15. The molecule has 1 fully saturated rings. The van der Waals surface area contributed by atoms with Gasteiger partial charge in [-0.25, -0.2) is 9.50 Å². The van der Waals surface area contributed by atoms with Crippen molar-refractivity contribution in [2.75, 3.05) is 16.8 Å². The minimum Gasteiger partial charge on any atom is -0.322 e. The third-order valence-electron chi connectivity index (χ3n) is 4.76. The molecule has 4 rings (SSSR count). The molecule has 27 heavy (non-hydrogen) atoms. The second-order valence-electron chi connectivity index (χ2n) is 6.84. The molecule has 0 aliphatic carbocycles. The first-order chi connectivity index (χ1) is 13.0. The third kappa shape index (κ3) is 3.28. The maximum atomic E-state index is 12.8. The van der Waals surface area contributed by atoms with Crippen molar-refractivity contribution in [2.24, 2.45) is 0 Å². The Morgan fingerprint density at radius 1 is 1.19 bits per heavy atom. The first-order valence-corrected chi connectivity index (χ1v) is 9.07. The number of aromatic nitrogens is 3. The Bertz CT molecular complexity index is 1040. The molecular weight excluding hydrogens is 342 g/mol. The number of carbonyl (C=O) groups excluding carboxylic acids is 2. The van der Waals surface area contributed by atoms with Crippen LogP contribution in [0.5, 0.6) is 0 Å². The number of anilines is 2. The van der Waals surface area contributed by atoms with Gasteiger partial charge in [-0.15, -0.1) is 0 Å². The molecule has 2 aromatic heterocycles. The summed E-state index contributed by atoms with van der Waals surface area (Å²) in [6, 6.07) is 9.29. The quantitative estimate of drug-likeness (QED) is 0.775. The van der Waals surface area contributed by atoms with Crippen molar-refractivity contribution >= 4 is 28.8 Å². The lowest BCUT2D eigenvalue weighted by Crippen LogP contribution is -2.35. The molecule has 2 amide bonds. The SMILES string of the molecule is Cc1cc(C)n2ncc(C(=O)Nc3cccc(N4CCCCC4=O)c3)c2n1. The van der Waals surface area contributed by atoms with Gasteiger partial charge in [-0.05, 0) is 51.0 Å². The molecule has 138 valence electrons. The molecule has 0 bridgehead atoms. The topological polar surface area (TPSA) is 79.6 Å². The van der Waals surface area contributed by atoms with Crippen LogP contribution < -0.4 is 10.2 Å². The predicted octanol–water partition coefficient (Wildman–Crippen LogP) is 3.12. The average molecular weight is 363 g/mol. The zero-order chi connectivity index (χ0) is 19.0. The summed E-state index contributed by atoms with van der Waals surface area (Å²) in [5, 5.41) is 7.16. The van der Waals surface area contributed by atoms with Crippen LogP contribution in [0.15, 0.2) is 36.5 Å². The van der Waals surface area contributed by atoms with Crippen LogP contribution in [-0.2, 0) is 4.79 Å². The molecule has 1 saturated heterocycles. The summed E-state index contributed by atoms with van der Waals surface area (Å²) < 4.78 is 1.66. The lowest BCUT2D eigenvalue weighted by atomic mass is 10.1. The van der Waals surface area contributed by atoms with Crippen molar-refractivity contribution < 1.29 is 9.59 Å². The van der Waals surface area contributed by atoms with Gasteiger partial charge in [-0.1, -0.05) is 6.07 Å². The van der Waals surface area contributed by atoms with Gasteiger partial charge < -0.3 is 10.2 Å². The minimum atomic E-state index is -0.273. The molecule has 0 radical (unpaired) electrons. The predicted molar refractivity (Wildman–Crippen MR) is 103 cm³/mol. The number of rotatable bonds is 3. The number of hydrogen-bond donors (Lipinski definition) is 1. The van der Waals surface area contributed by atoms with Crippen LogP contribution in [0, 0.1) is 13.8 Å². The van der Waals surface area contributed by atoms with Crippen molar-refractivity contribution in [3.05, 3.63) is 53.5 Å². The van der Waals surface area contributed by atoms with Gasteiger partial charge in [0.2, 0.25) is 5.91 Å². The van der Waals surface area contributed by atoms with Crippen molar-refractivity contribution in [3.63, 3.8) is 0 Å². The summed E-state index contributed by atoms with van der Waals surface area (Å²) in [7, 11) is 0. The number of nitrogens with zero attached hydrogens (tertiary/aromatic N) is 4. The van der Waals surface area contributed by atoms with Gasteiger partial charge in [-0.2, -0.15) is 5.10 Å². The number of nitrogens with one attached hydrogen (secondary N) is 1. The fraction of sp³-hybridized carbons (Fsp3) is 0.300. The van der Waals surface area contributed by atoms with Crippen molar-refractivity contribution in [2.45, 2.75) is 33.1 Å². The van der Waals surface area contributed by atoms with Crippen molar-refractivity contribution in [1.29, 1.82) is 0 Å². The molecule has 7 nitrogen and oxygen atoms in total. The van der Waals surface area contributed by atoms with Crippen LogP contribution >= 0.6 is 0 Å². The van der Waals surface area contributed by atoms with Crippen LogP contribution in [0.25, 0.3) is 5.65 Å². The van der Waals surface area contributed by atoms with E-state index in [1.165, 1.54) is 6.20 Å². The Labute approximate surface area is 157 Å². The molecule has 0 saturated carbocycles. The second-order valence-corrected chi connectivity index (χ2v) is 6.84. The maximum Gasteiger partial charge on any atom is 0.261 e. The molecule has 0 unspecified atom stereocenters. The monoisotopic (exact) mass is 363 g/mol. The molecule has 7 heteroatoms. The number of hydrogen-bond acceptors (Lipinski definition) is 4. The van der Waals surface area contributed by atoms with Gasteiger partial charge in [-0.3, -0.25) is 9.59 Å². The van der Waals surface area contributed by atoms with Crippen LogP contribution in [0.1, 0.15) is 41.0 Å². The molecule has 0 spiro atoms. The Hall–Kier alpha value is -3.22. The van der Waals surface area contributed by atoms with E-state index in [1.54, 1.807) is 9.42 Å². The van der Waals surface area contributed by atoms with E-state index in [0.717, 1.165) is 29.9 Å². The number of aryl methyl sites for hydroxylation is 2. The minimum absolute atomic E-state index is 0.127. The number of fused-ring (bicyclic) bond motifs is 1. The normalized spacial score (nSPS) is 14.6. The lowest BCUT2D eigenvalue weighted by Gasteiger charge is -2.27. The number of carbonyl (C=O) groups is 2. The Morgan fingerprint density at radius 3 is 2.85 bits per heavy atom. The molecular formula is C20H21N5O2. The van der Waals surface area contributed by atoms with Gasteiger partial charge in [0.1, 0.15) is 5.56 Å². The third-order valence-corrected chi connectivity index (χ3v) is 4.76. The van der Waals surface area contributed by atoms with Gasteiger partial charge in [0.25, 0.3) is 5.91 Å². The summed E-state index contributed by atoms with van der Waals surface area (Å²) in [6.45, 7) is 4.53. The zero-order valence-electron chi connectivity index (χ0n) is 15.4. The van der Waals surface area contributed by atoms with Crippen molar-refractivity contribution in [3.8, 4) is 0 Å². The van der Waals surface area contributed by atoms with E-state index in [0.29, 0.717) is 29.9 Å². The van der Waals surface area contributed by atoms with E-state index < -0.39 is 0 Å². The fourth-order valence-electron chi connectivity index (χ4n) is 3.46. The second kappa shape index (κ2) is 6.83. The van der Waals surface area contributed by atoms with E-state index >= 15 is 0 Å². The van der Waals surface area contributed by atoms with Crippen LogP contribution in [0.4, 0.5) is 11.4 Å². The number of amides is 2. The molecule has 3 heterocycles. The standard InChI is InChI=1S/C20H21N5O2/c1-13-10-14(2)25-19(22-13)17(12-21-25)20(27)23-15-6-5-7-16(11-15)24-9-4-3-8-18(24)26/h5-7,10-12H,3-4,8-9H2,1-2H3,(H,23,27). The van der Waals surface area contributed by atoms with E-state index in [2.05, 4.69) is 15.4 Å². The van der Waals surface area contributed by atoms with Crippen LogP contribution in [0.2, 0.25) is 0 Å². The Kier molecular flexibility index (Phi) is 4.35. The number of piperidine rings is 1. The highest BCUT2D eigenvalue weighted by atomic mass is 16.2. The fourth-order valence-corrected chi connectivity index (χ4v) is 3.46. The smallest absolute Gasteiger partial charge is 0.261 e. The first kappa shape index (κ1) is 17.2. The highest BCUT2D eigenvalue weighted by Crippen LogP contribution is 2.24. The van der Waals surface area contributed by atoms with Crippen molar-refractivity contribution in [1.82, 2.24) is 14.6 Å². The summed E-state index contributed by atoms with van der Waals surface area (Å²) in [6.07, 6.45) is 4.03. The molecule has 1 aliphatic heterocycles. The molecule has 1 N–H and O–H groups in total. The largest absolute Gasteiger partial charge is 0.322 e. The summed E-state index contributed by atoms with van der Waals surface area (Å²) >= 11 is 0. The van der Waals surface area contributed by atoms with Gasteiger partial charge in [0.15, 0.2) is 5.65 Å². The number of benzene rings is 1. The molecule has 3 aromatic rings. The van der Waals surface area contributed by atoms with Crippen LogP contribution in [0.3, 0.4) is 0 Å². The highest BCUT2D eigenvalue weighted by Gasteiger charge is 2.20. The molecule has 1 aliphatic rings. The average Bonchev–Trinajstić information content (AvgIpc) is 3.06. The summed E-state index contributed by atoms with van der Waals surface area (Å²) in [4.78, 5) is 31.2. The van der Waals surface area contributed by atoms with E-state index in [4.69, 9.17) is 0 Å². The Balaban J connectivity index is 1.60. The van der Waals surface area contributed by atoms with E-state index in [1.807, 2.05) is 44.2 Å². The van der Waals surface area contributed by atoms with E-state index in [-0.39, 0.29) is 11.8 Å². The highest BCUT2D eigenvalue weighted by molar-refractivity contribution is 6.08. The summed E-state index contributed by atoms with van der Waals surface area (Å²) in [5.74, 6) is -0.146. The molecule has 1 aromatic carbocycles. The molecule has 0 atom stereocenters. The van der Waals surface area contributed by atoms with E-state index in [9.17, 15) is 9.59 Å². The Morgan fingerprint density at radius 2 is 2.04 bits per heavy atom. The maximum absolute atomic E-state index is 12.8. The first-order valence-electron chi connectivity index (χ1n) is 9.07. The van der Waals surface area contributed by atoms with Gasteiger partial charge >= 0.3 is 0 Å². The van der Waals surface area contributed by atoms with Gasteiger partial charge in [0.05, 0.1) is 6.20 Å². The lowest BCUT2D eigenvalue weighted by molar-refractivity contribution is -0.119. The zero-order valence-corrected chi connectivity index (χ0v) is 15.4. The van der Waals surface area contributed by atoms with Gasteiger partial charge in [0, 0.05) is 35.7 Å². The van der Waals surface area contributed by atoms with Crippen LogP contribution in [-0.4, -0.2) is 33.0 Å².